The van der Waals surface area contributed by atoms with E-state index in [0.717, 1.165) is 41.1 Å². The summed E-state index contributed by atoms with van der Waals surface area (Å²) in [5.41, 5.74) is 11.1. The van der Waals surface area contributed by atoms with Crippen LogP contribution in [0, 0.1) is 23.0 Å². The van der Waals surface area contributed by atoms with Crippen molar-refractivity contribution in [1.82, 2.24) is 20.9 Å². The number of thioether (sulfide) groups is 1. The lowest BCUT2D eigenvalue weighted by atomic mass is 9.67. The number of carbonyl (C=O) groups is 6. The predicted octanol–water partition coefficient (Wildman–Crippen LogP) is 0.555. The van der Waals surface area contributed by atoms with Gasteiger partial charge in [0.15, 0.2) is 0 Å². The lowest BCUT2D eigenvalue weighted by molar-refractivity contribution is -0.224. The molecule has 10 N–H and O–H groups in total. The minimum atomic E-state index is -2.40. The quantitative estimate of drug-likeness (QED) is 0.0711. The Morgan fingerprint density at radius 3 is 2.31 bits per heavy atom. The van der Waals surface area contributed by atoms with Crippen molar-refractivity contribution in [2.75, 3.05) is 31.9 Å². The van der Waals surface area contributed by atoms with Gasteiger partial charge in [-0.05, 0) is 47.2 Å². The molecule has 19 heteroatoms. The summed E-state index contributed by atoms with van der Waals surface area (Å²) in [5.74, 6) is -10.1. The van der Waals surface area contributed by atoms with Crippen LogP contribution in [0.5, 0.6) is 0 Å². The number of carboxylic acid groups (broad SMARTS) is 1. The number of aliphatic carboxylic acids is 1. The first kappa shape index (κ1) is 46.5. The molecule has 0 aliphatic carbocycles. The molecule has 59 heavy (non-hydrogen) atoms. The average Bonchev–Trinajstić information content (AvgIpc) is 3.44. The molecule has 0 saturated carbocycles. The highest BCUT2D eigenvalue weighted by molar-refractivity contribution is 8.00. The second-order valence-electron chi connectivity index (χ2n) is 15.2. The number of nitrogens with two attached hydrogens (primary N) is 2. The number of hydrogen-bond acceptors (Lipinski definition) is 12. The van der Waals surface area contributed by atoms with Gasteiger partial charge in [0.1, 0.15) is 30.3 Å². The summed E-state index contributed by atoms with van der Waals surface area (Å²) >= 11 is 0.923. The van der Waals surface area contributed by atoms with Gasteiger partial charge in [-0.2, -0.15) is 0 Å². The number of carboxylic acids is 1. The molecule has 1 fully saturated rings. The first-order chi connectivity index (χ1) is 27.7. The summed E-state index contributed by atoms with van der Waals surface area (Å²) in [7, 11) is 0. The average molecular weight is 845 g/mol. The standard InChI is InChI=1S/C40H50F2N6O10S/c1-39(2,3)34(40(57)26(17-22-7-5-4-6-8-22)24(12-16-58-40)25-18-23(41)9-10-27(25)42)33(51)36(53)46-13-11-28(43)35(52)47-15-14-45-31(49)20-48-32(50)19-30(37(48)54)59-21-29(44)38(55)56/h4-10,12,16,18,28-30,33-34,51,57H,11,13-15,17,19-21,43-44H2,1-3H3,(H,45,49)(H,46,53)(H,47,52)(H,55,56)/t28-,29?,30?,33-,34-,40-/m0/s1. The van der Waals surface area contributed by atoms with E-state index in [1.54, 1.807) is 51.1 Å². The maximum Gasteiger partial charge on any atom is 0.321 e. The highest BCUT2D eigenvalue weighted by Gasteiger charge is 2.55. The van der Waals surface area contributed by atoms with E-state index in [9.17, 15) is 43.4 Å². The fraction of sp³-hybridized carbons (Fsp3) is 0.450. The van der Waals surface area contributed by atoms with Crippen molar-refractivity contribution in [3.63, 3.8) is 0 Å². The number of aliphatic hydroxyl groups excluding tert-OH is 1. The van der Waals surface area contributed by atoms with Crippen LogP contribution >= 0.6 is 11.8 Å². The van der Waals surface area contributed by atoms with Crippen LogP contribution in [0.1, 0.15) is 44.7 Å². The molecule has 1 saturated heterocycles. The van der Waals surface area contributed by atoms with Gasteiger partial charge in [-0.25, -0.2) is 8.78 Å². The summed E-state index contributed by atoms with van der Waals surface area (Å²) in [6, 6.07) is 9.39. The van der Waals surface area contributed by atoms with Gasteiger partial charge in [0, 0.05) is 49.4 Å². The molecule has 320 valence electrons. The topological polar surface area (TPSA) is 264 Å². The highest BCUT2D eigenvalue weighted by Crippen LogP contribution is 2.47. The van der Waals surface area contributed by atoms with Gasteiger partial charge >= 0.3 is 5.97 Å². The van der Waals surface area contributed by atoms with Crippen molar-refractivity contribution in [2.24, 2.45) is 22.8 Å². The van der Waals surface area contributed by atoms with Crippen molar-refractivity contribution >= 4 is 52.8 Å². The number of nitrogens with one attached hydrogen (secondary N) is 3. The predicted molar refractivity (Wildman–Crippen MR) is 212 cm³/mol. The maximum absolute atomic E-state index is 15.2. The number of ether oxygens (including phenoxy) is 1. The number of allylic oxidation sites excluding steroid dienone is 2. The Balaban J connectivity index is 1.32. The number of carbonyl (C=O) groups excluding carboxylic acids is 5. The first-order valence-electron chi connectivity index (χ1n) is 18.7. The lowest BCUT2D eigenvalue weighted by Gasteiger charge is -2.47. The largest absolute Gasteiger partial charge is 0.480 e. The van der Waals surface area contributed by atoms with E-state index in [1.807, 2.05) is 0 Å². The van der Waals surface area contributed by atoms with Crippen LogP contribution in [0.15, 0.2) is 66.4 Å². The maximum atomic E-state index is 15.2. The molecule has 2 aromatic rings. The second kappa shape index (κ2) is 20.2. The van der Waals surface area contributed by atoms with E-state index in [1.165, 1.54) is 6.08 Å². The third kappa shape index (κ3) is 11.9. The summed E-state index contributed by atoms with van der Waals surface area (Å²) in [6.07, 6.45) is 0.267. The molecule has 0 spiro atoms. The Morgan fingerprint density at radius 2 is 1.64 bits per heavy atom. The van der Waals surface area contributed by atoms with E-state index >= 15 is 4.39 Å². The Labute approximate surface area is 343 Å². The Hall–Kier alpha value is -5.21. The second-order valence-corrected chi connectivity index (χ2v) is 16.4. The van der Waals surface area contributed by atoms with Crippen LogP contribution in [0.25, 0.3) is 5.57 Å². The number of amides is 5. The SMILES string of the molecule is CC(C)(C)[C@H]([C@H](O)C(=O)NCC[C@H](N)C(=O)NCCNC(=O)CN1C(=O)CC(SCC(N)C(=O)O)C1=O)[C@@]1(O)OC=CC(c2cc(F)ccc2F)=C1Cc1ccccc1. The molecule has 0 aromatic heterocycles. The summed E-state index contributed by atoms with van der Waals surface area (Å²) in [6.45, 7) is 4.12. The molecule has 6 atom stereocenters. The molecule has 4 rings (SSSR count). The zero-order valence-corrected chi connectivity index (χ0v) is 33.6. The summed E-state index contributed by atoms with van der Waals surface area (Å²) < 4.78 is 35.5. The molecule has 16 nitrogen and oxygen atoms in total. The number of nitrogens with zero attached hydrogens (tertiary/aromatic N) is 1. The van der Waals surface area contributed by atoms with Gasteiger partial charge in [-0.1, -0.05) is 51.1 Å². The fourth-order valence-corrected chi connectivity index (χ4v) is 7.89. The van der Waals surface area contributed by atoms with E-state index in [0.29, 0.717) is 5.56 Å². The van der Waals surface area contributed by atoms with Crippen molar-refractivity contribution < 1.29 is 57.6 Å². The number of benzene rings is 2. The number of rotatable bonds is 19. The van der Waals surface area contributed by atoms with Crippen LogP contribution in [0.4, 0.5) is 8.78 Å². The molecule has 0 radical (unpaired) electrons. The van der Waals surface area contributed by atoms with E-state index < -0.39 is 94.2 Å². The molecule has 2 aliphatic rings. The van der Waals surface area contributed by atoms with Crippen LogP contribution < -0.4 is 27.4 Å². The Morgan fingerprint density at radius 1 is 0.983 bits per heavy atom. The highest BCUT2D eigenvalue weighted by atomic mass is 32.2. The van der Waals surface area contributed by atoms with Crippen LogP contribution in [-0.4, -0.2) is 117 Å². The van der Waals surface area contributed by atoms with Crippen LogP contribution in [0.2, 0.25) is 0 Å². The minimum Gasteiger partial charge on any atom is -0.480 e. The molecule has 0 bridgehead atoms. The van der Waals surface area contributed by atoms with E-state index in [4.69, 9.17) is 21.3 Å². The molecule has 2 aromatic carbocycles. The van der Waals surface area contributed by atoms with Crippen LogP contribution in [0.3, 0.4) is 0 Å². The molecular formula is C40H50F2N6O10S. The molecular weight excluding hydrogens is 795 g/mol. The van der Waals surface area contributed by atoms with Gasteiger partial charge < -0.3 is 47.5 Å². The minimum absolute atomic E-state index is 0.0213. The Kier molecular flexibility index (Phi) is 15.9. The number of likely N-dealkylation sites (tertiary alicyclic amines) is 1. The Bertz CT molecular complexity index is 1960. The molecule has 5 amide bonds. The van der Waals surface area contributed by atoms with Gasteiger partial charge in [0.25, 0.3) is 0 Å². The van der Waals surface area contributed by atoms with Crippen molar-refractivity contribution in [3.8, 4) is 0 Å². The lowest BCUT2D eigenvalue weighted by Crippen LogP contribution is -2.58. The smallest absolute Gasteiger partial charge is 0.321 e. The van der Waals surface area contributed by atoms with E-state index in [-0.39, 0.29) is 61.4 Å². The molecule has 2 aliphatic heterocycles. The first-order valence-corrected chi connectivity index (χ1v) is 19.8. The summed E-state index contributed by atoms with van der Waals surface area (Å²) in [5, 5.41) is 39.6. The van der Waals surface area contributed by atoms with Crippen molar-refractivity contribution in [3.05, 3.63) is 89.2 Å². The van der Waals surface area contributed by atoms with Gasteiger partial charge in [0.05, 0.1) is 23.5 Å². The number of hydrogen-bond donors (Lipinski definition) is 8. The fourth-order valence-electron chi connectivity index (χ4n) is 6.78. The summed E-state index contributed by atoms with van der Waals surface area (Å²) in [4.78, 5) is 75.1. The normalized spacial score (nSPS) is 20.1. The monoisotopic (exact) mass is 844 g/mol. The van der Waals surface area contributed by atoms with Crippen molar-refractivity contribution in [1.29, 1.82) is 0 Å². The van der Waals surface area contributed by atoms with E-state index in [2.05, 4.69) is 16.0 Å². The van der Waals surface area contributed by atoms with Gasteiger partial charge in [-0.3, -0.25) is 33.7 Å². The zero-order chi connectivity index (χ0) is 43.7. The van der Waals surface area contributed by atoms with Gasteiger partial charge in [-0.15, -0.1) is 11.8 Å². The number of halogens is 2. The third-order valence-electron chi connectivity index (χ3n) is 9.76. The van der Waals surface area contributed by atoms with Crippen LogP contribution in [-0.2, 0) is 39.9 Å². The molecule has 2 heterocycles. The molecule has 2 unspecified atom stereocenters. The van der Waals surface area contributed by atoms with Gasteiger partial charge in [0.2, 0.25) is 35.3 Å². The third-order valence-corrected chi connectivity index (χ3v) is 11.1. The number of imide groups is 1. The zero-order valence-electron chi connectivity index (χ0n) is 32.8. The van der Waals surface area contributed by atoms with Crippen molar-refractivity contribution in [2.45, 2.75) is 69.3 Å². The number of aliphatic hydroxyl groups is 2.